The van der Waals surface area contributed by atoms with Crippen molar-refractivity contribution in [2.45, 2.75) is 45.4 Å². The molecule has 1 atom stereocenters. The van der Waals surface area contributed by atoms with E-state index < -0.39 is 0 Å². The molecule has 3 aliphatic rings. The summed E-state index contributed by atoms with van der Waals surface area (Å²) in [5.74, 6) is 1.25. The van der Waals surface area contributed by atoms with Gasteiger partial charge in [-0.1, -0.05) is 13.0 Å². The van der Waals surface area contributed by atoms with Crippen LogP contribution in [0.3, 0.4) is 0 Å². The van der Waals surface area contributed by atoms with Crippen molar-refractivity contribution in [1.82, 2.24) is 5.32 Å². The molecule has 4 nitrogen and oxygen atoms in total. The zero-order valence-electron chi connectivity index (χ0n) is 14.2. The van der Waals surface area contributed by atoms with Crippen molar-refractivity contribution in [1.29, 1.82) is 5.41 Å². The monoisotopic (exact) mass is 343 g/mol. The largest absolute Gasteiger partial charge is 0.478 e. The van der Waals surface area contributed by atoms with Crippen LogP contribution in [0, 0.1) is 11.3 Å². The van der Waals surface area contributed by atoms with Gasteiger partial charge in [0.25, 0.3) is 0 Å². The van der Waals surface area contributed by atoms with Gasteiger partial charge in [-0.25, -0.2) is 0 Å². The smallest absolute Gasteiger partial charge is 0.204 e. The number of hydrogen-bond acceptors (Lipinski definition) is 5. The fraction of sp³-hybridized carbons (Fsp3) is 0.526. The van der Waals surface area contributed by atoms with Gasteiger partial charge in [-0.3, -0.25) is 0 Å². The molecule has 1 unspecified atom stereocenters. The Morgan fingerprint density at radius 2 is 1.96 bits per heavy atom. The Hall–Kier alpha value is -1.62. The van der Waals surface area contributed by atoms with Crippen LogP contribution in [0.4, 0.5) is 5.69 Å². The standard InChI is InChI=1S/C19H25N3OS/c1-12-10-21-19(23-11-12)17(9-20)24-22-18-15-6-2-4-13(15)8-14-5-3-7-16(14)18/h8-9,12,20-22H,2-7,10-11H2,1H3/b19-17-,20-9?. The third-order valence-electron chi connectivity index (χ3n) is 5.21. The second-order valence-electron chi connectivity index (χ2n) is 7.07. The Balaban J connectivity index is 1.58. The van der Waals surface area contributed by atoms with Gasteiger partial charge in [0, 0.05) is 18.7 Å². The van der Waals surface area contributed by atoms with Gasteiger partial charge in [-0.2, -0.15) is 0 Å². The quantitative estimate of drug-likeness (QED) is 0.575. The number of allylic oxidation sites excluding steroid dienone is 1. The summed E-state index contributed by atoms with van der Waals surface area (Å²) in [5.41, 5.74) is 7.39. The van der Waals surface area contributed by atoms with E-state index in [4.69, 9.17) is 10.1 Å². The Labute approximate surface area is 148 Å². The van der Waals surface area contributed by atoms with Crippen LogP contribution in [0.5, 0.6) is 0 Å². The molecule has 3 N–H and O–H groups in total. The molecule has 0 aromatic heterocycles. The third-order valence-corrected chi connectivity index (χ3v) is 6.04. The van der Waals surface area contributed by atoms with Gasteiger partial charge >= 0.3 is 0 Å². The number of benzene rings is 1. The molecule has 0 bridgehead atoms. The first-order chi connectivity index (χ1) is 11.8. The molecule has 1 fully saturated rings. The molecule has 1 aliphatic heterocycles. The van der Waals surface area contributed by atoms with Gasteiger partial charge in [-0.15, -0.1) is 0 Å². The van der Waals surface area contributed by atoms with Crippen molar-refractivity contribution >= 4 is 23.8 Å². The molecule has 0 spiro atoms. The highest BCUT2D eigenvalue weighted by molar-refractivity contribution is 8.05. The highest BCUT2D eigenvalue weighted by Crippen LogP contribution is 2.40. The predicted molar refractivity (Wildman–Crippen MR) is 101 cm³/mol. The Kier molecular flexibility index (Phi) is 4.44. The summed E-state index contributed by atoms with van der Waals surface area (Å²) < 4.78 is 9.37. The number of hydrogen-bond donors (Lipinski definition) is 3. The minimum atomic E-state index is 0.513. The number of aryl methyl sites for hydroxylation is 2. The zero-order valence-corrected chi connectivity index (χ0v) is 15.0. The molecule has 0 saturated carbocycles. The van der Waals surface area contributed by atoms with Crippen molar-refractivity contribution in [3.8, 4) is 0 Å². The second-order valence-corrected chi connectivity index (χ2v) is 7.92. The van der Waals surface area contributed by atoms with Crippen LogP contribution in [0.1, 0.15) is 42.0 Å². The molecular weight excluding hydrogens is 318 g/mol. The summed E-state index contributed by atoms with van der Waals surface area (Å²) in [7, 11) is 0. The fourth-order valence-electron chi connectivity index (χ4n) is 3.95. The number of anilines is 1. The minimum absolute atomic E-state index is 0.513. The van der Waals surface area contributed by atoms with E-state index >= 15 is 0 Å². The van der Waals surface area contributed by atoms with Crippen LogP contribution in [0.15, 0.2) is 16.9 Å². The van der Waals surface area contributed by atoms with E-state index in [0.717, 1.165) is 23.9 Å². The Morgan fingerprint density at radius 1 is 1.25 bits per heavy atom. The van der Waals surface area contributed by atoms with E-state index in [9.17, 15) is 0 Å². The second kappa shape index (κ2) is 6.71. The summed E-state index contributed by atoms with van der Waals surface area (Å²) in [5, 5.41) is 11.1. The maximum absolute atomic E-state index is 7.75. The van der Waals surface area contributed by atoms with Gasteiger partial charge in [-0.05, 0) is 72.7 Å². The summed E-state index contributed by atoms with van der Waals surface area (Å²) in [6, 6.07) is 2.45. The maximum atomic E-state index is 7.75. The van der Waals surface area contributed by atoms with Gasteiger partial charge < -0.3 is 20.2 Å². The molecule has 4 rings (SSSR count). The lowest BCUT2D eigenvalue weighted by molar-refractivity contribution is 0.118. The lowest BCUT2D eigenvalue weighted by Crippen LogP contribution is -2.32. The lowest BCUT2D eigenvalue weighted by atomic mass is 9.99. The molecule has 1 heterocycles. The van der Waals surface area contributed by atoms with E-state index in [1.54, 1.807) is 0 Å². The average Bonchev–Trinajstić information content (AvgIpc) is 3.24. The van der Waals surface area contributed by atoms with Crippen LogP contribution in [0.25, 0.3) is 0 Å². The highest BCUT2D eigenvalue weighted by atomic mass is 32.2. The number of fused-ring (bicyclic) bond motifs is 2. The van der Waals surface area contributed by atoms with Crippen LogP contribution < -0.4 is 10.0 Å². The van der Waals surface area contributed by atoms with Crippen molar-refractivity contribution in [3.05, 3.63) is 39.1 Å². The minimum Gasteiger partial charge on any atom is -0.478 e. The highest BCUT2D eigenvalue weighted by Gasteiger charge is 2.24. The normalized spacial score (nSPS) is 23.8. The molecule has 1 aromatic rings. The van der Waals surface area contributed by atoms with Crippen LogP contribution in [-0.2, 0) is 30.4 Å². The van der Waals surface area contributed by atoms with E-state index in [0.29, 0.717) is 5.92 Å². The van der Waals surface area contributed by atoms with Crippen LogP contribution >= 0.6 is 11.9 Å². The van der Waals surface area contributed by atoms with Crippen molar-refractivity contribution in [2.75, 3.05) is 17.9 Å². The lowest BCUT2D eigenvalue weighted by Gasteiger charge is -2.25. The van der Waals surface area contributed by atoms with E-state index in [-0.39, 0.29) is 0 Å². The third kappa shape index (κ3) is 2.90. The van der Waals surface area contributed by atoms with E-state index in [1.807, 2.05) is 0 Å². The fourth-order valence-corrected chi connectivity index (χ4v) is 4.69. The number of nitrogens with one attached hydrogen (secondary N) is 3. The topological polar surface area (TPSA) is 57.1 Å². The zero-order chi connectivity index (χ0) is 16.5. The first-order valence-corrected chi connectivity index (χ1v) is 9.78. The molecule has 2 aliphatic carbocycles. The Morgan fingerprint density at radius 3 is 2.54 bits per heavy atom. The first kappa shape index (κ1) is 15.9. The summed E-state index contributed by atoms with van der Waals surface area (Å²) in [6.07, 6.45) is 8.69. The molecule has 5 heteroatoms. The predicted octanol–water partition coefficient (Wildman–Crippen LogP) is 3.80. The van der Waals surface area contributed by atoms with E-state index in [2.05, 4.69) is 23.0 Å². The summed E-state index contributed by atoms with van der Waals surface area (Å²) in [4.78, 5) is 0.823. The van der Waals surface area contributed by atoms with Crippen LogP contribution in [0.2, 0.25) is 0 Å². The van der Waals surface area contributed by atoms with Crippen molar-refractivity contribution in [2.24, 2.45) is 5.92 Å². The molecule has 0 amide bonds. The SMILES string of the molecule is CC1CN/C(=C(\C=N)SNc2c3c(cc4c2CCC4)CCC3)OC1. The average molecular weight is 343 g/mol. The molecule has 24 heavy (non-hydrogen) atoms. The number of ether oxygens (including phenoxy) is 1. The maximum Gasteiger partial charge on any atom is 0.204 e. The molecule has 128 valence electrons. The van der Waals surface area contributed by atoms with Crippen molar-refractivity contribution in [3.63, 3.8) is 0 Å². The van der Waals surface area contributed by atoms with Crippen molar-refractivity contribution < 1.29 is 4.74 Å². The first-order valence-electron chi connectivity index (χ1n) is 8.97. The van der Waals surface area contributed by atoms with Gasteiger partial charge in [0.05, 0.1) is 12.3 Å². The van der Waals surface area contributed by atoms with Gasteiger partial charge in [0.2, 0.25) is 5.88 Å². The van der Waals surface area contributed by atoms with Crippen LogP contribution in [-0.4, -0.2) is 19.4 Å². The summed E-state index contributed by atoms with van der Waals surface area (Å²) >= 11 is 1.51. The molecular formula is C19H25N3OS. The summed E-state index contributed by atoms with van der Waals surface area (Å²) in [6.45, 7) is 3.79. The van der Waals surface area contributed by atoms with Gasteiger partial charge in [0.1, 0.15) is 4.91 Å². The van der Waals surface area contributed by atoms with Gasteiger partial charge in [0.15, 0.2) is 0 Å². The molecule has 1 saturated heterocycles. The van der Waals surface area contributed by atoms with E-state index in [1.165, 1.54) is 84.6 Å². The Bertz CT molecular complexity index is 656. The number of rotatable bonds is 4. The molecule has 1 aromatic carbocycles. The molecule has 0 radical (unpaired) electrons.